The number of benzene rings is 1. The van der Waals surface area contributed by atoms with Gasteiger partial charge in [0.05, 0.1) is 28.5 Å². The van der Waals surface area contributed by atoms with E-state index in [0.29, 0.717) is 28.9 Å². The number of para-hydroxylation sites is 1. The maximum absolute atomic E-state index is 12.7. The Bertz CT molecular complexity index is 755. The second kappa shape index (κ2) is 6.85. The van der Waals surface area contributed by atoms with E-state index in [2.05, 4.69) is 24.3 Å². The maximum Gasteiger partial charge on any atom is 0.255 e. The fraction of sp³-hybridized carbons (Fsp3) is 0.444. The van der Waals surface area contributed by atoms with Crippen molar-refractivity contribution in [2.45, 2.75) is 39.8 Å². The van der Waals surface area contributed by atoms with Gasteiger partial charge in [0, 0.05) is 12.1 Å². The number of halogens is 1. The standard InChI is InChI=1S/C18H22ClN3O2/c1-4-16-13(8-20-22(16)9-11(2)3)18(23)21-15-10-24-17-12(15)6-5-7-14(17)19/h5-8,11,15H,4,9-10H2,1-3H3,(H,21,23). The first-order valence-electron chi connectivity index (χ1n) is 8.28. The van der Waals surface area contributed by atoms with Crippen LogP contribution in [0.1, 0.15) is 48.4 Å². The number of rotatable bonds is 5. The highest BCUT2D eigenvalue weighted by Crippen LogP contribution is 2.38. The van der Waals surface area contributed by atoms with Crippen LogP contribution in [-0.4, -0.2) is 22.3 Å². The number of nitrogens with zero attached hydrogens (tertiary/aromatic N) is 2. The Morgan fingerprint density at radius 2 is 2.29 bits per heavy atom. The van der Waals surface area contributed by atoms with E-state index in [4.69, 9.17) is 16.3 Å². The van der Waals surface area contributed by atoms with Crippen LogP contribution < -0.4 is 10.1 Å². The minimum atomic E-state index is -0.190. The lowest BCUT2D eigenvalue weighted by molar-refractivity contribution is 0.0929. The number of nitrogens with one attached hydrogen (secondary N) is 1. The molecule has 24 heavy (non-hydrogen) atoms. The molecule has 128 valence electrons. The summed E-state index contributed by atoms with van der Waals surface area (Å²) in [5.41, 5.74) is 2.52. The highest BCUT2D eigenvalue weighted by molar-refractivity contribution is 6.32. The van der Waals surface area contributed by atoms with Gasteiger partial charge in [-0.25, -0.2) is 0 Å². The van der Waals surface area contributed by atoms with Crippen LogP contribution in [0.15, 0.2) is 24.4 Å². The van der Waals surface area contributed by atoms with Crippen molar-refractivity contribution in [3.05, 3.63) is 46.2 Å². The monoisotopic (exact) mass is 347 g/mol. The predicted octanol–water partition coefficient (Wildman–Crippen LogP) is 3.62. The van der Waals surface area contributed by atoms with E-state index in [1.54, 1.807) is 12.3 Å². The molecule has 1 unspecified atom stereocenters. The molecule has 6 heteroatoms. The van der Waals surface area contributed by atoms with Gasteiger partial charge >= 0.3 is 0 Å². The summed E-state index contributed by atoms with van der Waals surface area (Å²) in [6.07, 6.45) is 2.42. The van der Waals surface area contributed by atoms with Crippen molar-refractivity contribution in [3.63, 3.8) is 0 Å². The summed E-state index contributed by atoms with van der Waals surface area (Å²) in [4.78, 5) is 12.7. The first-order chi connectivity index (χ1) is 11.5. The smallest absolute Gasteiger partial charge is 0.255 e. The van der Waals surface area contributed by atoms with Crippen LogP contribution in [0.3, 0.4) is 0 Å². The van der Waals surface area contributed by atoms with Crippen molar-refractivity contribution in [2.75, 3.05) is 6.61 Å². The summed E-state index contributed by atoms with van der Waals surface area (Å²) in [5.74, 6) is 1.02. The number of amides is 1. The van der Waals surface area contributed by atoms with E-state index in [0.717, 1.165) is 24.2 Å². The molecule has 1 aliphatic rings. The van der Waals surface area contributed by atoms with Crippen molar-refractivity contribution in [1.82, 2.24) is 15.1 Å². The molecule has 1 N–H and O–H groups in total. The average molecular weight is 348 g/mol. The molecule has 0 saturated heterocycles. The lowest BCUT2D eigenvalue weighted by atomic mass is 10.1. The molecule has 0 fully saturated rings. The largest absolute Gasteiger partial charge is 0.489 e. The highest BCUT2D eigenvalue weighted by atomic mass is 35.5. The lowest BCUT2D eigenvalue weighted by Gasteiger charge is -2.13. The van der Waals surface area contributed by atoms with Gasteiger partial charge in [-0.05, 0) is 18.4 Å². The summed E-state index contributed by atoms with van der Waals surface area (Å²) in [5, 5.41) is 8.00. The molecule has 2 aromatic rings. The van der Waals surface area contributed by atoms with E-state index < -0.39 is 0 Å². The van der Waals surface area contributed by atoms with Gasteiger partial charge in [0.2, 0.25) is 0 Å². The van der Waals surface area contributed by atoms with Crippen LogP contribution >= 0.6 is 11.6 Å². The number of hydrogen-bond acceptors (Lipinski definition) is 3. The average Bonchev–Trinajstić information content (AvgIpc) is 3.12. The van der Waals surface area contributed by atoms with Crippen molar-refractivity contribution in [2.24, 2.45) is 5.92 Å². The SMILES string of the molecule is CCc1c(C(=O)NC2COc3c(Cl)cccc32)cnn1CC(C)C. The summed E-state index contributed by atoms with van der Waals surface area (Å²) in [6, 6.07) is 5.40. The van der Waals surface area contributed by atoms with Crippen LogP contribution in [0.5, 0.6) is 5.75 Å². The molecule has 0 aliphatic carbocycles. The quantitative estimate of drug-likeness (QED) is 0.898. The Labute approximate surface area is 147 Å². The zero-order valence-electron chi connectivity index (χ0n) is 14.2. The number of carbonyl (C=O) groups excluding carboxylic acids is 1. The van der Waals surface area contributed by atoms with Crippen molar-refractivity contribution >= 4 is 17.5 Å². The van der Waals surface area contributed by atoms with Gasteiger partial charge in [-0.2, -0.15) is 5.10 Å². The van der Waals surface area contributed by atoms with E-state index in [1.807, 2.05) is 23.7 Å². The number of hydrogen-bond donors (Lipinski definition) is 1. The topological polar surface area (TPSA) is 56.1 Å². The molecule has 1 aromatic carbocycles. The van der Waals surface area contributed by atoms with E-state index in [9.17, 15) is 4.79 Å². The lowest BCUT2D eigenvalue weighted by Crippen LogP contribution is -2.30. The predicted molar refractivity (Wildman–Crippen MR) is 93.6 cm³/mol. The van der Waals surface area contributed by atoms with Crippen LogP contribution in [0.4, 0.5) is 0 Å². The van der Waals surface area contributed by atoms with E-state index in [-0.39, 0.29) is 11.9 Å². The molecule has 0 saturated carbocycles. The third-order valence-corrected chi connectivity index (χ3v) is 4.44. The Morgan fingerprint density at radius 1 is 1.50 bits per heavy atom. The molecule has 3 rings (SSSR count). The summed E-state index contributed by atoms with van der Waals surface area (Å²) in [7, 11) is 0. The fourth-order valence-electron chi connectivity index (χ4n) is 3.04. The molecule has 0 bridgehead atoms. The molecule has 1 aliphatic heterocycles. The first-order valence-corrected chi connectivity index (χ1v) is 8.65. The molecule has 1 aromatic heterocycles. The summed E-state index contributed by atoms with van der Waals surface area (Å²) >= 11 is 6.14. The van der Waals surface area contributed by atoms with Gasteiger partial charge in [-0.15, -0.1) is 0 Å². The van der Waals surface area contributed by atoms with Gasteiger partial charge in [0.1, 0.15) is 12.4 Å². The number of ether oxygens (including phenoxy) is 1. The molecule has 2 heterocycles. The van der Waals surface area contributed by atoms with Gasteiger partial charge in [-0.3, -0.25) is 9.48 Å². The summed E-state index contributed by atoms with van der Waals surface area (Å²) < 4.78 is 7.55. The Morgan fingerprint density at radius 3 is 3.00 bits per heavy atom. The number of carbonyl (C=O) groups is 1. The Kier molecular flexibility index (Phi) is 4.81. The Balaban J connectivity index is 1.80. The van der Waals surface area contributed by atoms with Gasteiger partial charge in [0.15, 0.2) is 0 Å². The van der Waals surface area contributed by atoms with Crippen LogP contribution in [-0.2, 0) is 13.0 Å². The molecular formula is C18H22ClN3O2. The number of fused-ring (bicyclic) bond motifs is 1. The zero-order chi connectivity index (χ0) is 17.3. The van der Waals surface area contributed by atoms with Crippen LogP contribution in [0, 0.1) is 5.92 Å². The van der Waals surface area contributed by atoms with Gasteiger partial charge < -0.3 is 10.1 Å². The molecule has 0 radical (unpaired) electrons. The normalized spacial score (nSPS) is 16.1. The highest BCUT2D eigenvalue weighted by Gasteiger charge is 2.28. The third-order valence-electron chi connectivity index (χ3n) is 4.14. The maximum atomic E-state index is 12.7. The minimum Gasteiger partial charge on any atom is -0.489 e. The third kappa shape index (κ3) is 3.13. The van der Waals surface area contributed by atoms with Gasteiger partial charge in [-0.1, -0.05) is 44.5 Å². The van der Waals surface area contributed by atoms with Crippen molar-refractivity contribution in [3.8, 4) is 5.75 Å². The summed E-state index contributed by atoms with van der Waals surface area (Å²) in [6.45, 7) is 7.51. The van der Waals surface area contributed by atoms with Crippen molar-refractivity contribution < 1.29 is 9.53 Å². The first kappa shape index (κ1) is 16.8. The molecule has 5 nitrogen and oxygen atoms in total. The molecule has 1 atom stereocenters. The van der Waals surface area contributed by atoms with Gasteiger partial charge in [0.25, 0.3) is 5.91 Å². The Hall–Kier alpha value is -2.01. The van der Waals surface area contributed by atoms with E-state index in [1.165, 1.54) is 0 Å². The molecular weight excluding hydrogens is 326 g/mol. The van der Waals surface area contributed by atoms with Crippen LogP contribution in [0.25, 0.3) is 0 Å². The van der Waals surface area contributed by atoms with Crippen LogP contribution in [0.2, 0.25) is 5.02 Å². The zero-order valence-corrected chi connectivity index (χ0v) is 14.9. The molecule has 1 amide bonds. The molecule has 0 spiro atoms. The minimum absolute atomic E-state index is 0.122. The van der Waals surface area contributed by atoms with Crippen molar-refractivity contribution in [1.29, 1.82) is 0 Å². The number of aromatic nitrogens is 2. The second-order valence-electron chi connectivity index (χ2n) is 6.43. The second-order valence-corrected chi connectivity index (χ2v) is 6.84. The fourth-order valence-corrected chi connectivity index (χ4v) is 3.28. The van der Waals surface area contributed by atoms with E-state index >= 15 is 0 Å².